The molecule has 1 aromatic rings. The van der Waals surface area contributed by atoms with Crippen LogP contribution in [-0.4, -0.2) is 18.1 Å². The number of rotatable bonds is 1. The molecule has 1 rings (SSSR count). The predicted molar refractivity (Wildman–Crippen MR) is 47.2 cm³/mol. The molecule has 0 aliphatic heterocycles. The third-order valence-electron chi connectivity index (χ3n) is 1.29. The number of halogens is 2. The van der Waals surface area contributed by atoms with E-state index < -0.39 is 11.8 Å². The molecule has 0 bridgehead atoms. The average Bonchev–Trinajstić information content (AvgIpc) is 2.08. The summed E-state index contributed by atoms with van der Waals surface area (Å²) >= 11 is 0. The molecule has 0 fully saturated rings. The Bertz CT molecular complexity index is 319. The molecule has 0 unspecified atom stereocenters. The number of hydrogen-bond donors (Lipinski definition) is 1. The van der Waals surface area contributed by atoms with Gasteiger partial charge in [-0.2, -0.15) is 0 Å². The van der Waals surface area contributed by atoms with Crippen molar-refractivity contribution in [3.63, 3.8) is 0 Å². The number of ether oxygens (including phenoxy) is 1. The summed E-state index contributed by atoms with van der Waals surface area (Å²) in [6.45, 7) is 0. The normalized spacial score (nSPS) is 8.77. The summed E-state index contributed by atoms with van der Waals surface area (Å²) in [5.41, 5.74) is 5.14. The van der Waals surface area contributed by atoms with E-state index in [9.17, 15) is 9.18 Å². The second-order valence-electron chi connectivity index (χ2n) is 2.08. The Hall–Kier alpha value is -1.36. The van der Waals surface area contributed by atoms with Crippen molar-refractivity contribution in [1.82, 2.24) is 4.98 Å². The molecule has 4 nitrogen and oxygen atoms in total. The molecule has 0 radical (unpaired) electrons. The summed E-state index contributed by atoms with van der Waals surface area (Å²) in [6.07, 6.45) is 1.16. The average molecular weight is 207 g/mol. The van der Waals surface area contributed by atoms with Gasteiger partial charge in [0.1, 0.15) is 0 Å². The van der Waals surface area contributed by atoms with Gasteiger partial charge < -0.3 is 10.5 Å². The summed E-state index contributed by atoms with van der Waals surface area (Å²) in [4.78, 5) is 14.3. The summed E-state index contributed by atoms with van der Waals surface area (Å²) in [5, 5.41) is 0. The van der Waals surface area contributed by atoms with Crippen LogP contribution in [0.15, 0.2) is 12.3 Å². The van der Waals surface area contributed by atoms with Crippen molar-refractivity contribution in [2.45, 2.75) is 0 Å². The molecular weight excluding hydrogens is 199 g/mol. The minimum atomic E-state index is -0.724. The van der Waals surface area contributed by atoms with Crippen LogP contribution in [0.1, 0.15) is 10.4 Å². The summed E-state index contributed by atoms with van der Waals surface area (Å²) in [7, 11) is 1.20. The predicted octanol–water partition coefficient (Wildman–Crippen LogP) is 1.01. The Balaban J connectivity index is 0.00000144. The molecule has 0 saturated heterocycles. The molecule has 1 heterocycles. The van der Waals surface area contributed by atoms with Crippen LogP contribution in [0.3, 0.4) is 0 Å². The Morgan fingerprint density at radius 1 is 1.69 bits per heavy atom. The SMILES string of the molecule is COC(=O)c1cnc(N)c(F)c1.Cl. The van der Waals surface area contributed by atoms with Gasteiger partial charge in [-0.3, -0.25) is 0 Å². The van der Waals surface area contributed by atoms with E-state index >= 15 is 0 Å². The van der Waals surface area contributed by atoms with E-state index in [1.807, 2.05) is 0 Å². The molecular formula is C7H8ClFN2O2. The van der Waals surface area contributed by atoms with Gasteiger partial charge >= 0.3 is 5.97 Å². The van der Waals surface area contributed by atoms with E-state index in [1.54, 1.807) is 0 Å². The van der Waals surface area contributed by atoms with Gasteiger partial charge in [0.15, 0.2) is 11.6 Å². The standard InChI is InChI=1S/C7H7FN2O2.ClH/c1-12-7(11)4-2-5(8)6(9)10-3-4;/h2-3H,1H3,(H2,9,10);1H. The van der Waals surface area contributed by atoms with Gasteiger partial charge in [-0.1, -0.05) is 0 Å². The maximum absolute atomic E-state index is 12.7. The lowest BCUT2D eigenvalue weighted by Crippen LogP contribution is -2.04. The molecule has 0 saturated carbocycles. The highest BCUT2D eigenvalue weighted by Crippen LogP contribution is 2.08. The molecule has 0 aliphatic carbocycles. The molecule has 0 spiro atoms. The number of pyridine rings is 1. The topological polar surface area (TPSA) is 65.2 Å². The van der Waals surface area contributed by atoms with E-state index in [0.717, 1.165) is 12.3 Å². The number of nitrogens with two attached hydrogens (primary N) is 1. The van der Waals surface area contributed by atoms with E-state index in [2.05, 4.69) is 9.72 Å². The van der Waals surface area contributed by atoms with Gasteiger partial charge in [-0.05, 0) is 6.07 Å². The monoisotopic (exact) mass is 206 g/mol. The lowest BCUT2D eigenvalue weighted by Gasteiger charge is -1.99. The summed E-state index contributed by atoms with van der Waals surface area (Å²) in [5.74, 6) is -1.60. The third kappa shape index (κ3) is 2.55. The fraction of sp³-hybridized carbons (Fsp3) is 0.143. The molecule has 6 heteroatoms. The van der Waals surface area contributed by atoms with Crippen LogP contribution in [0.25, 0.3) is 0 Å². The number of nitrogens with zero attached hydrogens (tertiary/aromatic N) is 1. The van der Waals surface area contributed by atoms with E-state index in [4.69, 9.17) is 5.73 Å². The molecule has 0 aromatic carbocycles. The van der Waals surface area contributed by atoms with Crippen molar-refractivity contribution in [2.75, 3.05) is 12.8 Å². The summed E-state index contributed by atoms with van der Waals surface area (Å²) in [6, 6.07) is 0.980. The van der Waals surface area contributed by atoms with Gasteiger partial charge in [-0.15, -0.1) is 12.4 Å². The molecule has 72 valence electrons. The van der Waals surface area contributed by atoms with Crippen molar-refractivity contribution in [3.8, 4) is 0 Å². The van der Waals surface area contributed by atoms with Crippen molar-refractivity contribution < 1.29 is 13.9 Å². The number of anilines is 1. The van der Waals surface area contributed by atoms with Gasteiger partial charge in [0.2, 0.25) is 0 Å². The zero-order chi connectivity index (χ0) is 9.14. The third-order valence-corrected chi connectivity index (χ3v) is 1.29. The smallest absolute Gasteiger partial charge is 0.339 e. The number of carbonyl (C=O) groups is 1. The Labute approximate surface area is 80.3 Å². The molecule has 2 N–H and O–H groups in total. The van der Waals surface area contributed by atoms with Crippen LogP contribution in [0, 0.1) is 5.82 Å². The minimum Gasteiger partial charge on any atom is -0.465 e. The maximum atomic E-state index is 12.7. The number of nitrogen functional groups attached to an aromatic ring is 1. The van der Waals surface area contributed by atoms with Crippen molar-refractivity contribution in [2.24, 2.45) is 0 Å². The van der Waals surface area contributed by atoms with Crippen LogP contribution in [0.2, 0.25) is 0 Å². The van der Waals surface area contributed by atoms with E-state index in [-0.39, 0.29) is 23.8 Å². The number of esters is 1. The molecule has 0 atom stereocenters. The highest BCUT2D eigenvalue weighted by atomic mass is 35.5. The molecule has 0 amide bonds. The lowest BCUT2D eigenvalue weighted by atomic mass is 10.3. The zero-order valence-electron chi connectivity index (χ0n) is 6.78. The molecule has 0 aliphatic rings. The first-order valence-corrected chi connectivity index (χ1v) is 3.14. The van der Waals surface area contributed by atoms with Crippen molar-refractivity contribution >= 4 is 24.2 Å². The number of aromatic nitrogens is 1. The van der Waals surface area contributed by atoms with Crippen LogP contribution >= 0.6 is 12.4 Å². The molecule has 1 aromatic heterocycles. The van der Waals surface area contributed by atoms with Crippen LogP contribution in [0.5, 0.6) is 0 Å². The maximum Gasteiger partial charge on any atom is 0.339 e. The highest BCUT2D eigenvalue weighted by Gasteiger charge is 2.08. The van der Waals surface area contributed by atoms with Crippen LogP contribution in [0.4, 0.5) is 10.2 Å². The van der Waals surface area contributed by atoms with Crippen molar-refractivity contribution in [1.29, 1.82) is 0 Å². The van der Waals surface area contributed by atoms with Gasteiger partial charge in [0.05, 0.1) is 12.7 Å². The quantitative estimate of drug-likeness (QED) is 0.697. The van der Waals surface area contributed by atoms with Gasteiger partial charge in [0, 0.05) is 6.20 Å². The van der Waals surface area contributed by atoms with Crippen molar-refractivity contribution in [3.05, 3.63) is 23.6 Å². The first-order chi connectivity index (χ1) is 5.65. The lowest BCUT2D eigenvalue weighted by molar-refractivity contribution is 0.0599. The fourth-order valence-electron chi connectivity index (χ4n) is 0.678. The first-order valence-electron chi connectivity index (χ1n) is 3.14. The highest BCUT2D eigenvalue weighted by molar-refractivity contribution is 5.89. The Morgan fingerprint density at radius 2 is 2.31 bits per heavy atom. The van der Waals surface area contributed by atoms with Gasteiger partial charge in [-0.25, -0.2) is 14.2 Å². The van der Waals surface area contributed by atoms with E-state index in [1.165, 1.54) is 7.11 Å². The first kappa shape index (κ1) is 11.6. The molecule has 13 heavy (non-hydrogen) atoms. The fourth-order valence-corrected chi connectivity index (χ4v) is 0.678. The second kappa shape index (κ2) is 4.61. The Morgan fingerprint density at radius 3 is 2.77 bits per heavy atom. The van der Waals surface area contributed by atoms with E-state index in [0.29, 0.717) is 0 Å². The largest absolute Gasteiger partial charge is 0.465 e. The van der Waals surface area contributed by atoms with Crippen LogP contribution < -0.4 is 5.73 Å². The van der Waals surface area contributed by atoms with Gasteiger partial charge in [0.25, 0.3) is 0 Å². The minimum absolute atomic E-state index is 0. The number of methoxy groups -OCH3 is 1. The van der Waals surface area contributed by atoms with Crippen LogP contribution in [-0.2, 0) is 4.74 Å². The Kier molecular flexibility index (Phi) is 4.13. The number of hydrogen-bond acceptors (Lipinski definition) is 4. The zero-order valence-corrected chi connectivity index (χ0v) is 7.60. The number of carbonyl (C=O) groups excluding carboxylic acids is 1. The summed E-state index contributed by atoms with van der Waals surface area (Å²) < 4.78 is 17.0. The second-order valence-corrected chi connectivity index (χ2v) is 2.08.